The number of carbonyl (C=O) groups is 1. The summed E-state index contributed by atoms with van der Waals surface area (Å²) in [4.78, 5) is 12.2. The van der Waals surface area contributed by atoms with Crippen molar-refractivity contribution in [1.82, 2.24) is 9.78 Å². The standard InChI is InChI=1S/C14H14N4O/c1-9-13(10(2)18(3)17-9)14(19)16-12-6-4-11(8-15)5-7-12/h4-7H,1-3H3,(H,16,19). The molecule has 1 aromatic heterocycles. The monoisotopic (exact) mass is 254 g/mol. The number of anilines is 1. The molecule has 0 aliphatic rings. The van der Waals surface area contributed by atoms with Crippen molar-refractivity contribution < 1.29 is 4.79 Å². The number of nitrogens with one attached hydrogen (secondary N) is 1. The average Bonchev–Trinajstić information content (AvgIpc) is 2.64. The van der Waals surface area contributed by atoms with Gasteiger partial charge >= 0.3 is 0 Å². The summed E-state index contributed by atoms with van der Waals surface area (Å²) in [5.74, 6) is -0.187. The third kappa shape index (κ3) is 2.47. The first kappa shape index (κ1) is 12.8. The Morgan fingerprint density at radius 2 is 1.95 bits per heavy atom. The number of aromatic nitrogens is 2. The second-order valence-electron chi connectivity index (χ2n) is 4.31. The van der Waals surface area contributed by atoms with Crippen LogP contribution in [-0.4, -0.2) is 15.7 Å². The van der Waals surface area contributed by atoms with Crippen molar-refractivity contribution in [3.63, 3.8) is 0 Å². The minimum absolute atomic E-state index is 0.187. The third-order valence-corrected chi connectivity index (χ3v) is 3.01. The fourth-order valence-electron chi connectivity index (χ4n) is 1.92. The fourth-order valence-corrected chi connectivity index (χ4v) is 1.92. The van der Waals surface area contributed by atoms with Crippen molar-refractivity contribution in [2.75, 3.05) is 5.32 Å². The Balaban J connectivity index is 2.23. The zero-order valence-corrected chi connectivity index (χ0v) is 11.1. The molecule has 2 rings (SSSR count). The molecular weight excluding hydrogens is 240 g/mol. The Morgan fingerprint density at radius 3 is 2.42 bits per heavy atom. The van der Waals surface area contributed by atoms with E-state index in [2.05, 4.69) is 10.4 Å². The van der Waals surface area contributed by atoms with Gasteiger partial charge in [0, 0.05) is 18.4 Å². The molecule has 0 atom stereocenters. The van der Waals surface area contributed by atoms with Crippen LogP contribution in [0.2, 0.25) is 0 Å². The molecule has 1 amide bonds. The van der Waals surface area contributed by atoms with Gasteiger partial charge in [-0.3, -0.25) is 9.48 Å². The van der Waals surface area contributed by atoms with Gasteiger partial charge in [0.1, 0.15) is 0 Å². The first-order valence-electron chi connectivity index (χ1n) is 5.84. The lowest BCUT2D eigenvalue weighted by atomic mass is 10.1. The van der Waals surface area contributed by atoms with E-state index in [1.807, 2.05) is 13.0 Å². The van der Waals surface area contributed by atoms with Gasteiger partial charge in [-0.2, -0.15) is 10.4 Å². The zero-order valence-electron chi connectivity index (χ0n) is 11.1. The van der Waals surface area contributed by atoms with Crippen LogP contribution in [0, 0.1) is 25.2 Å². The van der Waals surface area contributed by atoms with Crippen LogP contribution in [-0.2, 0) is 7.05 Å². The number of aryl methyl sites for hydroxylation is 2. The molecule has 1 aromatic carbocycles. The van der Waals surface area contributed by atoms with Crippen LogP contribution in [0.4, 0.5) is 5.69 Å². The van der Waals surface area contributed by atoms with Crippen LogP contribution >= 0.6 is 0 Å². The molecule has 2 aromatic rings. The number of hydrogen-bond donors (Lipinski definition) is 1. The number of nitriles is 1. The molecule has 0 saturated carbocycles. The predicted molar refractivity (Wildman–Crippen MR) is 71.8 cm³/mol. The van der Waals surface area contributed by atoms with E-state index >= 15 is 0 Å². The summed E-state index contributed by atoms with van der Waals surface area (Å²) in [7, 11) is 1.81. The van der Waals surface area contributed by atoms with Gasteiger partial charge in [-0.15, -0.1) is 0 Å². The number of amides is 1. The van der Waals surface area contributed by atoms with Crippen molar-refractivity contribution in [2.45, 2.75) is 13.8 Å². The average molecular weight is 254 g/mol. The zero-order chi connectivity index (χ0) is 14.0. The van der Waals surface area contributed by atoms with Gasteiger partial charge in [0.15, 0.2) is 0 Å². The van der Waals surface area contributed by atoms with E-state index in [0.717, 1.165) is 5.69 Å². The van der Waals surface area contributed by atoms with Crippen LogP contribution < -0.4 is 5.32 Å². The Labute approximate surface area is 111 Å². The lowest BCUT2D eigenvalue weighted by Crippen LogP contribution is -2.14. The molecule has 96 valence electrons. The molecule has 0 radical (unpaired) electrons. The lowest BCUT2D eigenvalue weighted by Gasteiger charge is -2.05. The molecule has 0 aliphatic carbocycles. The topological polar surface area (TPSA) is 70.7 Å². The van der Waals surface area contributed by atoms with Gasteiger partial charge in [-0.1, -0.05) is 0 Å². The highest BCUT2D eigenvalue weighted by Crippen LogP contribution is 2.15. The Hall–Kier alpha value is -2.61. The van der Waals surface area contributed by atoms with Crippen molar-refractivity contribution in [1.29, 1.82) is 5.26 Å². The number of nitrogens with zero attached hydrogens (tertiary/aromatic N) is 3. The molecule has 19 heavy (non-hydrogen) atoms. The highest BCUT2D eigenvalue weighted by atomic mass is 16.1. The van der Waals surface area contributed by atoms with E-state index in [1.165, 1.54) is 0 Å². The first-order chi connectivity index (χ1) is 9.02. The minimum Gasteiger partial charge on any atom is -0.322 e. The van der Waals surface area contributed by atoms with E-state index in [9.17, 15) is 4.79 Å². The van der Waals surface area contributed by atoms with Gasteiger partial charge < -0.3 is 5.32 Å². The number of carbonyl (C=O) groups excluding carboxylic acids is 1. The maximum atomic E-state index is 12.2. The SMILES string of the molecule is Cc1nn(C)c(C)c1C(=O)Nc1ccc(C#N)cc1. The van der Waals surface area contributed by atoms with E-state index in [4.69, 9.17) is 5.26 Å². The first-order valence-corrected chi connectivity index (χ1v) is 5.84. The van der Waals surface area contributed by atoms with Crippen LogP contribution in [0.15, 0.2) is 24.3 Å². The molecule has 5 nitrogen and oxygen atoms in total. The third-order valence-electron chi connectivity index (χ3n) is 3.01. The largest absolute Gasteiger partial charge is 0.322 e. The number of rotatable bonds is 2. The highest BCUT2D eigenvalue weighted by molar-refractivity contribution is 6.05. The molecule has 1 N–H and O–H groups in total. The Morgan fingerprint density at radius 1 is 1.32 bits per heavy atom. The summed E-state index contributed by atoms with van der Waals surface area (Å²) in [5.41, 5.74) is 3.33. The number of hydrogen-bond acceptors (Lipinski definition) is 3. The van der Waals surface area contributed by atoms with Crippen molar-refractivity contribution in [3.8, 4) is 6.07 Å². The lowest BCUT2D eigenvalue weighted by molar-refractivity contribution is 0.102. The van der Waals surface area contributed by atoms with Crippen LogP contribution in [0.3, 0.4) is 0 Å². The summed E-state index contributed by atoms with van der Waals surface area (Å²) in [6.45, 7) is 3.66. The molecule has 0 bridgehead atoms. The number of benzene rings is 1. The van der Waals surface area contributed by atoms with E-state index in [0.29, 0.717) is 22.5 Å². The second-order valence-corrected chi connectivity index (χ2v) is 4.31. The minimum atomic E-state index is -0.187. The smallest absolute Gasteiger partial charge is 0.259 e. The Bertz CT molecular complexity index is 662. The Kier molecular flexibility index (Phi) is 3.34. The van der Waals surface area contributed by atoms with Gasteiger partial charge in [0.25, 0.3) is 5.91 Å². The molecule has 5 heteroatoms. The summed E-state index contributed by atoms with van der Waals surface area (Å²) in [6.07, 6.45) is 0. The fraction of sp³-hybridized carbons (Fsp3) is 0.214. The van der Waals surface area contributed by atoms with Gasteiger partial charge in [0.2, 0.25) is 0 Å². The van der Waals surface area contributed by atoms with Gasteiger partial charge in [-0.05, 0) is 38.1 Å². The quantitative estimate of drug-likeness (QED) is 0.892. The summed E-state index contributed by atoms with van der Waals surface area (Å²) < 4.78 is 1.68. The normalized spacial score (nSPS) is 10.0. The van der Waals surface area contributed by atoms with Gasteiger partial charge in [0.05, 0.1) is 22.9 Å². The molecule has 0 aliphatic heterocycles. The van der Waals surface area contributed by atoms with Crippen molar-refractivity contribution in [2.24, 2.45) is 7.05 Å². The molecule has 0 saturated heterocycles. The van der Waals surface area contributed by atoms with E-state index < -0.39 is 0 Å². The van der Waals surface area contributed by atoms with Crippen LogP contribution in [0.25, 0.3) is 0 Å². The van der Waals surface area contributed by atoms with Crippen LogP contribution in [0.1, 0.15) is 27.3 Å². The molecule has 0 unspecified atom stereocenters. The van der Waals surface area contributed by atoms with Gasteiger partial charge in [-0.25, -0.2) is 0 Å². The summed E-state index contributed by atoms with van der Waals surface area (Å²) in [5, 5.41) is 15.7. The maximum Gasteiger partial charge on any atom is 0.259 e. The van der Waals surface area contributed by atoms with Crippen LogP contribution in [0.5, 0.6) is 0 Å². The van der Waals surface area contributed by atoms with Crippen molar-refractivity contribution in [3.05, 3.63) is 46.8 Å². The predicted octanol–water partition coefficient (Wildman–Crippen LogP) is 2.16. The van der Waals surface area contributed by atoms with E-state index in [1.54, 1.807) is 42.9 Å². The highest BCUT2D eigenvalue weighted by Gasteiger charge is 2.17. The molecule has 0 spiro atoms. The molecule has 1 heterocycles. The molecule has 0 fully saturated rings. The maximum absolute atomic E-state index is 12.2. The van der Waals surface area contributed by atoms with E-state index in [-0.39, 0.29) is 5.91 Å². The summed E-state index contributed by atoms with van der Waals surface area (Å²) in [6, 6.07) is 8.78. The molecular formula is C14H14N4O. The second kappa shape index (κ2) is 4.94. The summed E-state index contributed by atoms with van der Waals surface area (Å²) >= 11 is 0. The van der Waals surface area contributed by atoms with Crippen molar-refractivity contribution >= 4 is 11.6 Å².